The third-order valence-electron chi connectivity index (χ3n) is 2.46. The zero-order valence-electron chi connectivity index (χ0n) is 10.4. The minimum atomic E-state index is -0.288. The predicted molar refractivity (Wildman–Crippen MR) is 65.6 cm³/mol. The number of hydrogen-bond acceptors (Lipinski definition) is 3. The molecular weight excluding hydrogens is 221 g/mol. The molecule has 0 aliphatic rings. The van der Waals surface area contributed by atoms with Gasteiger partial charge in [0.15, 0.2) is 0 Å². The zero-order valence-corrected chi connectivity index (χ0v) is 10.4. The van der Waals surface area contributed by atoms with Crippen molar-refractivity contribution < 1.29 is 13.9 Å². The van der Waals surface area contributed by atoms with Crippen molar-refractivity contribution in [3.63, 3.8) is 0 Å². The summed E-state index contributed by atoms with van der Waals surface area (Å²) >= 11 is 0. The molecule has 0 bridgehead atoms. The lowest BCUT2D eigenvalue weighted by molar-refractivity contribution is 0.184. The van der Waals surface area contributed by atoms with Crippen LogP contribution in [-0.4, -0.2) is 20.3 Å². The van der Waals surface area contributed by atoms with Crippen LogP contribution in [0.25, 0.3) is 0 Å². The van der Waals surface area contributed by atoms with Crippen LogP contribution in [0.4, 0.5) is 4.39 Å². The van der Waals surface area contributed by atoms with Crippen molar-refractivity contribution in [2.75, 3.05) is 20.3 Å². The first-order valence-electron chi connectivity index (χ1n) is 5.82. The van der Waals surface area contributed by atoms with E-state index >= 15 is 0 Å². The highest BCUT2D eigenvalue weighted by Crippen LogP contribution is 2.24. The molecule has 0 saturated carbocycles. The highest BCUT2D eigenvalue weighted by Gasteiger charge is 2.09. The third-order valence-corrected chi connectivity index (χ3v) is 2.46. The van der Waals surface area contributed by atoms with Crippen molar-refractivity contribution in [3.8, 4) is 5.75 Å². The van der Waals surface area contributed by atoms with E-state index in [0.29, 0.717) is 17.9 Å². The molecule has 1 aromatic carbocycles. The summed E-state index contributed by atoms with van der Waals surface area (Å²) in [4.78, 5) is 0. The summed E-state index contributed by atoms with van der Waals surface area (Å²) in [7, 11) is 1.68. The first-order valence-corrected chi connectivity index (χ1v) is 5.82. The van der Waals surface area contributed by atoms with Gasteiger partial charge in [0.1, 0.15) is 11.6 Å². The quantitative estimate of drug-likeness (QED) is 0.746. The van der Waals surface area contributed by atoms with Gasteiger partial charge in [-0.05, 0) is 38.0 Å². The summed E-state index contributed by atoms with van der Waals surface area (Å²) in [6.07, 6.45) is 1.86. The second-order valence-electron chi connectivity index (χ2n) is 4.02. The van der Waals surface area contributed by atoms with Crippen LogP contribution in [0, 0.1) is 5.82 Å². The van der Waals surface area contributed by atoms with E-state index in [1.54, 1.807) is 13.2 Å². The second kappa shape index (κ2) is 7.25. The standard InChI is InChI=1S/C13H20FNO2/c1-10(15)12-9-11(14)5-6-13(12)17-8-4-3-7-16-2/h5-6,9-10H,3-4,7-8,15H2,1-2H3/t10-/m1/s1. The first-order chi connectivity index (χ1) is 8.15. The van der Waals surface area contributed by atoms with Gasteiger partial charge in [-0.25, -0.2) is 4.39 Å². The van der Waals surface area contributed by atoms with E-state index in [1.165, 1.54) is 12.1 Å². The molecule has 0 aliphatic carbocycles. The first kappa shape index (κ1) is 13.9. The van der Waals surface area contributed by atoms with E-state index in [1.807, 2.05) is 6.92 Å². The minimum Gasteiger partial charge on any atom is -0.493 e. The molecule has 3 nitrogen and oxygen atoms in total. The third kappa shape index (κ3) is 4.71. The van der Waals surface area contributed by atoms with Crippen molar-refractivity contribution >= 4 is 0 Å². The van der Waals surface area contributed by atoms with Crippen LogP contribution in [0.3, 0.4) is 0 Å². The number of hydrogen-bond donors (Lipinski definition) is 1. The lowest BCUT2D eigenvalue weighted by Crippen LogP contribution is -2.09. The number of benzene rings is 1. The molecule has 0 aliphatic heterocycles. The van der Waals surface area contributed by atoms with Crippen LogP contribution < -0.4 is 10.5 Å². The molecule has 0 saturated heterocycles. The highest BCUT2D eigenvalue weighted by atomic mass is 19.1. The van der Waals surface area contributed by atoms with Crippen LogP contribution in [-0.2, 0) is 4.74 Å². The molecule has 2 N–H and O–H groups in total. The number of rotatable bonds is 7. The van der Waals surface area contributed by atoms with Crippen molar-refractivity contribution in [2.45, 2.75) is 25.8 Å². The Morgan fingerprint density at radius 3 is 2.65 bits per heavy atom. The molecule has 0 aromatic heterocycles. The number of halogens is 1. The topological polar surface area (TPSA) is 44.5 Å². The molecule has 0 fully saturated rings. The fourth-order valence-electron chi connectivity index (χ4n) is 1.54. The van der Waals surface area contributed by atoms with E-state index in [-0.39, 0.29) is 11.9 Å². The molecule has 0 heterocycles. The molecule has 4 heteroatoms. The van der Waals surface area contributed by atoms with Gasteiger partial charge >= 0.3 is 0 Å². The van der Waals surface area contributed by atoms with Gasteiger partial charge < -0.3 is 15.2 Å². The molecule has 96 valence electrons. The Labute approximate surface area is 102 Å². The van der Waals surface area contributed by atoms with Crippen molar-refractivity contribution in [1.82, 2.24) is 0 Å². The largest absolute Gasteiger partial charge is 0.493 e. The Kier molecular flexibility index (Phi) is 5.94. The Balaban J connectivity index is 2.52. The smallest absolute Gasteiger partial charge is 0.124 e. The average Bonchev–Trinajstić information content (AvgIpc) is 2.30. The van der Waals surface area contributed by atoms with Crippen LogP contribution in [0.2, 0.25) is 0 Å². The SMILES string of the molecule is COCCCCOc1ccc(F)cc1[C@@H](C)N. The van der Waals surface area contributed by atoms with Crippen molar-refractivity contribution in [3.05, 3.63) is 29.6 Å². The summed E-state index contributed by atoms with van der Waals surface area (Å²) in [6.45, 7) is 3.13. The zero-order chi connectivity index (χ0) is 12.7. The summed E-state index contributed by atoms with van der Waals surface area (Å²) < 4.78 is 23.6. The maximum absolute atomic E-state index is 13.1. The van der Waals surface area contributed by atoms with E-state index in [4.69, 9.17) is 15.2 Å². The van der Waals surface area contributed by atoms with Crippen LogP contribution >= 0.6 is 0 Å². The molecule has 0 spiro atoms. The predicted octanol–water partition coefficient (Wildman–Crippen LogP) is 2.65. The lowest BCUT2D eigenvalue weighted by atomic mass is 10.1. The molecule has 0 unspecified atom stereocenters. The van der Waals surface area contributed by atoms with Gasteiger partial charge in [-0.1, -0.05) is 0 Å². The highest BCUT2D eigenvalue weighted by molar-refractivity contribution is 5.36. The van der Waals surface area contributed by atoms with Gasteiger partial charge in [-0.2, -0.15) is 0 Å². The summed E-state index contributed by atoms with van der Waals surface area (Å²) in [5.41, 5.74) is 6.47. The Morgan fingerprint density at radius 1 is 1.29 bits per heavy atom. The Morgan fingerprint density at radius 2 is 2.00 bits per heavy atom. The molecule has 1 aromatic rings. The van der Waals surface area contributed by atoms with Gasteiger partial charge in [-0.15, -0.1) is 0 Å². The molecule has 1 atom stereocenters. The van der Waals surface area contributed by atoms with Crippen LogP contribution in [0.1, 0.15) is 31.4 Å². The van der Waals surface area contributed by atoms with Gasteiger partial charge in [0, 0.05) is 25.3 Å². The summed E-state index contributed by atoms with van der Waals surface area (Å²) in [5, 5.41) is 0. The van der Waals surface area contributed by atoms with E-state index in [0.717, 1.165) is 19.4 Å². The van der Waals surface area contributed by atoms with Gasteiger partial charge in [0.25, 0.3) is 0 Å². The number of methoxy groups -OCH3 is 1. The fraction of sp³-hybridized carbons (Fsp3) is 0.538. The normalized spacial score (nSPS) is 12.5. The van der Waals surface area contributed by atoms with Crippen molar-refractivity contribution in [2.24, 2.45) is 5.73 Å². The lowest BCUT2D eigenvalue weighted by Gasteiger charge is -2.14. The minimum absolute atomic E-state index is 0.236. The van der Waals surface area contributed by atoms with Crippen molar-refractivity contribution in [1.29, 1.82) is 0 Å². The van der Waals surface area contributed by atoms with Gasteiger partial charge in [-0.3, -0.25) is 0 Å². The van der Waals surface area contributed by atoms with E-state index in [2.05, 4.69) is 0 Å². The number of ether oxygens (including phenoxy) is 2. The van der Waals surface area contributed by atoms with Gasteiger partial charge in [0.2, 0.25) is 0 Å². The summed E-state index contributed by atoms with van der Waals surface area (Å²) in [5.74, 6) is 0.378. The van der Waals surface area contributed by atoms with E-state index < -0.39 is 0 Å². The molecule has 17 heavy (non-hydrogen) atoms. The van der Waals surface area contributed by atoms with Crippen LogP contribution in [0.5, 0.6) is 5.75 Å². The molecule has 1 rings (SSSR count). The molecule has 0 radical (unpaired) electrons. The Bertz CT molecular complexity index is 342. The monoisotopic (exact) mass is 241 g/mol. The molecular formula is C13H20FNO2. The molecule has 0 amide bonds. The number of unbranched alkanes of at least 4 members (excludes halogenated alkanes) is 1. The fourth-order valence-corrected chi connectivity index (χ4v) is 1.54. The second-order valence-corrected chi connectivity index (χ2v) is 4.02. The van der Waals surface area contributed by atoms with E-state index in [9.17, 15) is 4.39 Å². The maximum Gasteiger partial charge on any atom is 0.124 e. The summed E-state index contributed by atoms with van der Waals surface area (Å²) in [6, 6.07) is 4.20. The number of nitrogens with two attached hydrogens (primary N) is 1. The maximum atomic E-state index is 13.1. The average molecular weight is 241 g/mol. The van der Waals surface area contributed by atoms with Crippen LogP contribution in [0.15, 0.2) is 18.2 Å². The Hall–Kier alpha value is -1.13. The van der Waals surface area contributed by atoms with Gasteiger partial charge in [0.05, 0.1) is 6.61 Å².